The Labute approximate surface area is 122 Å². The molecule has 1 aromatic carbocycles. The van der Waals surface area contributed by atoms with Crippen LogP contribution in [0.5, 0.6) is 0 Å². The Morgan fingerprint density at radius 2 is 2.11 bits per heavy atom. The van der Waals surface area contributed by atoms with Gasteiger partial charge < -0.3 is 5.73 Å². The number of halogens is 1. The van der Waals surface area contributed by atoms with Gasteiger partial charge in [0.1, 0.15) is 0 Å². The summed E-state index contributed by atoms with van der Waals surface area (Å²) in [6.07, 6.45) is 7.45. The van der Waals surface area contributed by atoms with Gasteiger partial charge in [0.25, 0.3) is 0 Å². The minimum absolute atomic E-state index is 0.352. The van der Waals surface area contributed by atoms with Crippen LogP contribution < -0.4 is 5.73 Å². The molecular formula is C17H26ClN. The molecule has 19 heavy (non-hydrogen) atoms. The van der Waals surface area contributed by atoms with E-state index in [0.717, 1.165) is 17.4 Å². The number of hydrogen-bond acceptors (Lipinski definition) is 1. The summed E-state index contributed by atoms with van der Waals surface area (Å²) in [7, 11) is 0. The van der Waals surface area contributed by atoms with Crippen molar-refractivity contribution in [2.24, 2.45) is 17.6 Å². The van der Waals surface area contributed by atoms with Crippen LogP contribution in [0.1, 0.15) is 50.2 Å². The van der Waals surface area contributed by atoms with E-state index in [-0.39, 0.29) is 0 Å². The van der Waals surface area contributed by atoms with Crippen LogP contribution in [-0.4, -0.2) is 6.04 Å². The first-order chi connectivity index (χ1) is 9.10. The highest BCUT2D eigenvalue weighted by Crippen LogP contribution is 2.34. The fourth-order valence-corrected chi connectivity index (χ4v) is 3.70. The molecule has 2 heteroatoms. The van der Waals surface area contributed by atoms with Crippen LogP contribution >= 0.6 is 11.6 Å². The summed E-state index contributed by atoms with van der Waals surface area (Å²) in [5.41, 5.74) is 8.82. The van der Waals surface area contributed by atoms with Crippen LogP contribution in [0, 0.1) is 18.8 Å². The van der Waals surface area contributed by atoms with Crippen molar-refractivity contribution in [1.29, 1.82) is 0 Å². The van der Waals surface area contributed by atoms with Crippen molar-refractivity contribution in [2.45, 2.75) is 58.4 Å². The highest BCUT2D eigenvalue weighted by Gasteiger charge is 2.28. The van der Waals surface area contributed by atoms with Crippen LogP contribution in [-0.2, 0) is 6.42 Å². The number of aryl methyl sites for hydroxylation is 1. The smallest absolute Gasteiger partial charge is 0.0440 e. The molecular weight excluding hydrogens is 254 g/mol. The van der Waals surface area contributed by atoms with Crippen LogP contribution in [0.3, 0.4) is 0 Å². The van der Waals surface area contributed by atoms with Crippen molar-refractivity contribution in [1.82, 2.24) is 0 Å². The standard InChI is InChI=1S/C17H26ClN/c1-3-4-13-6-8-17(19)15(10-13)11-14-7-5-12(2)9-16(14)18/h5,7,9,13,15,17H,3-4,6,8,10-11,19H2,1-2H3. The Bertz CT molecular complexity index is 416. The maximum Gasteiger partial charge on any atom is 0.0440 e. The first-order valence-corrected chi connectivity index (χ1v) is 7.98. The van der Waals surface area contributed by atoms with Crippen molar-refractivity contribution in [2.75, 3.05) is 0 Å². The third-order valence-corrected chi connectivity index (χ3v) is 4.89. The lowest BCUT2D eigenvalue weighted by Crippen LogP contribution is -2.37. The zero-order chi connectivity index (χ0) is 13.8. The Balaban J connectivity index is 2.03. The molecule has 1 fully saturated rings. The second-order valence-corrected chi connectivity index (χ2v) is 6.60. The third kappa shape index (κ3) is 3.97. The van der Waals surface area contributed by atoms with E-state index in [0.29, 0.717) is 12.0 Å². The molecule has 0 radical (unpaired) electrons. The molecule has 1 aromatic rings. The minimum atomic E-state index is 0.352. The predicted octanol–water partition coefficient (Wildman–Crippen LogP) is 4.73. The molecule has 0 aromatic heterocycles. The van der Waals surface area contributed by atoms with Crippen molar-refractivity contribution >= 4 is 11.6 Å². The van der Waals surface area contributed by atoms with E-state index < -0.39 is 0 Å². The zero-order valence-corrected chi connectivity index (χ0v) is 12.9. The molecule has 1 saturated carbocycles. The topological polar surface area (TPSA) is 26.0 Å². The highest BCUT2D eigenvalue weighted by molar-refractivity contribution is 6.31. The summed E-state index contributed by atoms with van der Waals surface area (Å²) in [6.45, 7) is 4.36. The van der Waals surface area contributed by atoms with E-state index in [2.05, 4.69) is 32.0 Å². The summed E-state index contributed by atoms with van der Waals surface area (Å²) in [5.74, 6) is 1.48. The molecule has 1 aliphatic rings. The summed E-state index contributed by atoms with van der Waals surface area (Å²) >= 11 is 6.35. The van der Waals surface area contributed by atoms with Gasteiger partial charge in [0.15, 0.2) is 0 Å². The molecule has 2 N–H and O–H groups in total. The lowest BCUT2D eigenvalue weighted by molar-refractivity contribution is 0.221. The lowest BCUT2D eigenvalue weighted by atomic mass is 9.74. The van der Waals surface area contributed by atoms with Gasteiger partial charge in [-0.25, -0.2) is 0 Å². The van der Waals surface area contributed by atoms with Crippen molar-refractivity contribution < 1.29 is 0 Å². The second kappa shape index (κ2) is 6.76. The summed E-state index contributed by atoms with van der Waals surface area (Å²) in [5, 5.41) is 0.907. The van der Waals surface area contributed by atoms with E-state index >= 15 is 0 Å². The molecule has 106 valence electrons. The third-order valence-electron chi connectivity index (χ3n) is 4.54. The van der Waals surface area contributed by atoms with E-state index in [1.807, 2.05) is 0 Å². The van der Waals surface area contributed by atoms with Crippen molar-refractivity contribution in [3.63, 3.8) is 0 Å². The Hall–Kier alpha value is -0.530. The molecule has 1 aliphatic carbocycles. The van der Waals surface area contributed by atoms with Gasteiger partial charge in [-0.2, -0.15) is 0 Å². The van der Waals surface area contributed by atoms with Gasteiger partial charge in [-0.3, -0.25) is 0 Å². The molecule has 2 rings (SSSR count). The van der Waals surface area contributed by atoms with Gasteiger partial charge in [-0.05, 0) is 61.6 Å². The summed E-state index contributed by atoms with van der Waals surface area (Å²) in [4.78, 5) is 0. The van der Waals surface area contributed by atoms with Gasteiger partial charge in [0.2, 0.25) is 0 Å². The predicted molar refractivity (Wildman–Crippen MR) is 83.6 cm³/mol. The Morgan fingerprint density at radius 1 is 1.32 bits per heavy atom. The SMILES string of the molecule is CCCC1CCC(N)C(Cc2ccc(C)cc2Cl)C1. The highest BCUT2D eigenvalue weighted by atomic mass is 35.5. The van der Waals surface area contributed by atoms with Gasteiger partial charge in [0, 0.05) is 11.1 Å². The monoisotopic (exact) mass is 279 g/mol. The van der Waals surface area contributed by atoms with E-state index in [1.165, 1.54) is 43.2 Å². The number of benzene rings is 1. The number of nitrogens with two attached hydrogens (primary N) is 1. The van der Waals surface area contributed by atoms with E-state index in [1.54, 1.807) is 0 Å². The minimum Gasteiger partial charge on any atom is -0.327 e. The molecule has 0 aliphatic heterocycles. The van der Waals surface area contributed by atoms with E-state index in [4.69, 9.17) is 17.3 Å². The quantitative estimate of drug-likeness (QED) is 0.847. The lowest BCUT2D eigenvalue weighted by Gasteiger charge is -2.34. The van der Waals surface area contributed by atoms with Crippen LogP contribution in [0.2, 0.25) is 5.02 Å². The Morgan fingerprint density at radius 3 is 2.79 bits per heavy atom. The summed E-state index contributed by atoms with van der Waals surface area (Å²) < 4.78 is 0. The number of hydrogen-bond donors (Lipinski definition) is 1. The largest absolute Gasteiger partial charge is 0.327 e. The van der Waals surface area contributed by atoms with Crippen LogP contribution in [0.25, 0.3) is 0 Å². The molecule has 0 amide bonds. The van der Waals surface area contributed by atoms with Gasteiger partial charge in [-0.15, -0.1) is 0 Å². The average molecular weight is 280 g/mol. The fourth-order valence-electron chi connectivity index (χ4n) is 3.39. The molecule has 0 heterocycles. The fraction of sp³-hybridized carbons (Fsp3) is 0.647. The molecule has 0 spiro atoms. The van der Waals surface area contributed by atoms with Gasteiger partial charge in [-0.1, -0.05) is 43.5 Å². The van der Waals surface area contributed by atoms with Crippen molar-refractivity contribution in [3.8, 4) is 0 Å². The normalized spacial score (nSPS) is 27.5. The van der Waals surface area contributed by atoms with Crippen LogP contribution in [0.4, 0.5) is 0 Å². The molecule has 0 saturated heterocycles. The second-order valence-electron chi connectivity index (χ2n) is 6.19. The maximum atomic E-state index is 6.35. The maximum absolute atomic E-state index is 6.35. The Kier molecular flexibility index (Phi) is 5.29. The zero-order valence-electron chi connectivity index (χ0n) is 12.2. The van der Waals surface area contributed by atoms with E-state index in [9.17, 15) is 0 Å². The molecule has 0 bridgehead atoms. The summed E-state index contributed by atoms with van der Waals surface area (Å²) in [6, 6.07) is 6.74. The first kappa shape index (κ1) is 14.9. The van der Waals surface area contributed by atoms with Crippen molar-refractivity contribution in [3.05, 3.63) is 34.3 Å². The molecule has 3 unspecified atom stereocenters. The first-order valence-electron chi connectivity index (χ1n) is 7.60. The molecule has 1 nitrogen and oxygen atoms in total. The molecule has 3 atom stereocenters. The number of rotatable bonds is 4. The van der Waals surface area contributed by atoms with Crippen LogP contribution in [0.15, 0.2) is 18.2 Å². The van der Waals surface area contributed by atoms with Gasteiger partial charge >= 0.3 is 0 Å². The van der Waals surface area contributed by atoms with Gasteiger partial charge in [0.05, 0.1) is 0 Å². The average Bonchev–Trinajstić information content (AvgIpc) is 2.37.